The average Bonchev–Trinajstić information content (AvgIpc) is 3.28. The van der Waals surface area contributed by atoms with E-state index >= 15 is 0 Å². The topological polar surface area (TPSA) is 45.5 Å². The molecule has 7 heteroatoms. The van der Waals surface area contributed by atoms with Crippen molar-refractivity contribution in [2.75, 3.05) is 13.1 Å². The lowest BCUT2D eigenvalue weighted by Crippen LogP contribution is -2.52. The molecule has 2 heterocycles. The Hall–Kier alpha value is -2.64. The van der Waals surface area contributed by atoms with Gasteiger partial charge in [-0.3, -0.25) is 9.69 Å². The fraction of sp³-hybridized carbons (Fsp3) is 0.444. The molecule has 182 valence electrons. The molecule has 0 amide bonds. The molecule has 4 rings (SSSR count). The van der Waals surface area contributed by atoms with Crippen LogP contribution < -0.4 is 5.43 Å². The lowest BCUT2D eigenvalue weighted by molar-refractivity contribution is -0.271. The highest BCUT2D eigenvalue weighted by Gasteiger charge is 2.56. The molecule has 3 aromatic rings. The van der Waals surface area contributed by atoms with Crippen LogP contribution in [0.3, 0.4) is 0 Å². The minimum atomic E-state index is -4.86. The number of likely N-dealkylation sites (tertiary alicyclic amines) is 1. The molecule has 2 aromatic carbocycles. The third kappa shape index (κ3) is 5.05. The second-order valence-electron chi connectivity index (χ2n) is 10.1. The van der Waals surface area contributed by atoms with E-state index < -0.39 is 30.2 Å². The van der Waals surface area contributed by atoms with Gasteiger partial charge in [-0.05, 0) is 61.0 Å². The van der Waals surface area contributed by atoms with Crippen LogP contribution in [0.4, 0.5) is 13.2 Å². The van der Waals surface area contributed by atoms with Crippen molar-refractivity contribution >= 4 is 10.9 Å². The van der Waals surface area contributed by atoms with E-state index in [2.05, 4.69) is 4.90 Å². The molecule has 34 heavy (non-hydrogen) atoms. The first-order chi connectivity index (χ1) is 16.0. The van der Waals surface area contributed by atoms with Gasteiger partial charge in [0, 0.05) is 24.2 Å². The first-order valence-corrected chi connectivity index (χ1v) is 11.7. The summed E-state index contributed by atoms with van der Waals surface area (Å²) in [6, 6.07) is 15.4. The van der Waals surface area contributed by atoms with E-state index in [9.17, 15) is 23.1 Å². The smallest absolute Gasteiger partial charge is 0.379 e. The third-order valence-corrected chi connectivity index (χ3v) is 6.89. The van der Waals surface area contributed by atoms with Gasteiger partial charge in [0.25, 0.3) is 0 Å². The highest BCUT2D eigenvalue weighted by atomic mass is 19.4. The van der Waals surface area contributed by atoms with Crippen molar-refractivity contribution in [1.82, 2.24) is 9.47 Å². The van der Waals surface area contributed by atoms with Crippen molar-refractivity contribution in [3.8, 4) is 0 Å². The SMILES string of the molecule is CC(C)(CC(O)(Cn1ccc(=O)c2ccccc21)C(F)(F)F)c1cccc(CN2CCCC2)c1. The van der Waals surface area contributed by atoms with Crippen LogP contribution in [-0.4, -0.2) is 39.4 Å². The van der Waals surface area contributed by atoms with E-state index in [1.165, 1.54) is 29.7 Å². The average molecular weight is 473 g/mol. The van der Waals surface area contributed by atoms with Crippen LogP contribution in [0.1, 0.15) is 44.2 Å². The van der Waals surface area contributed by atoms with Gasteiger partial charge in [-0.1, -0.05) is 50.2 Å². The third-order valence-electron chi connectivity index (χ3n) is 6.89. The van der Waals surface area contributed by atoms with Crippen LogP contribution in [-0.2, 0) is 18.5 Å². The molecule has 1 aliphatic heterocycles. The van der Waals surface area contributed by atoms with Crippen molar-refractivity contribution in [1.29, 1.82) is 0 Å². The summed E-state index contributed by atoms with van der Waals surface area (Å²) in [6.07, 6.45) is -1.71. The Bertz CT molecular complexity index is 1210. The number of hydrogen-bond acceptors (Lipinski definition) is 3. The van der Waals surface area contributed by atoms with Crippen LogP contribution in [0.25, 0.3) is 10.9 Å². The van der Waals surface area contributed by atoms with Gasteiger partial charge in [0.15, 0.2) is 11.0 Å². The van der Waals surface area contributed by atoms with Crippen molar-refractivity contribution in [3.05, 3.63) is 82.1 Å². The lowest BCUT2D eigenvalue weighted by atomic mass is 9.74. The number of para-hydroxylation sites is 1. The Morgan fingerprint density at radius 3 is 2.38 bits per heavy atom. The summed E-state index contributed by atoms with van der Waals surface area (Å²) in [7, 11) is 0. The van der Waals surface area contributed by atoms with E-state index in [4.69, 9.17) is 0 Å². The van der Waals surface area contributed by atoms with Gasteiger partial charge >= 0.3 is 6.18 Å². The van der Waals surface area contributed by atoms with E-state index in [0.29, 0.717) is 10.9 Å². The Morgan fingerprint density at radius 1 is 0.971 bits per heavy atom. The summed E-state index contributed by atoms with van der Waals surface area (Å²) < 4.78 is 44.3. The molecule has 1 fully saturated rings. The first kappa shape index (κ1) is 24.5. The monoisotopic (exact) mass is 472 g/mol. The minimum absolute atomic E-state index is 0.266. The van der Waals surface area contributed by atoms with Crippen LogP contribution in [0.15, 0.2) is 65.6 Å². The quantitative estimate of drug-likeness (QED) is 0.510. The maximum Gasteiger partial charge on any atom is 0.418 e. The number of aromatic nitrogens is 1. The standard InChI is InChI=1S/C27H31F3N2O2/c1-25(2,21-9-7-8-20(16-21)17-31-13-5-6-14-31)18-26(34,27(28,29)30)19-32-15-12-24(33)22-10-3-4-11-23(22)32/h3-4,7-12,15-16,34H,5-6,13-14,17-19H2,1-2H3. The van der Waals surface area contributed by atoms with Crippen molar-refractivity contribution < 1.29 is 18.3 Å². The minimum Gasteiger partial charge on any atom is -0.379 e. The Balaban J connectivity index is 1.65. The maximum absolute atomic E-state index is 14.3. The van der Waals surface area contributed by atoms with E-state index in [-0.39, 0.29) is 5.43 Å². The van der Waals surface area contributed by atoms with Gasteiger partial charge in [0.2, 0.25) is 0 Å². The lowest BCUT2D eigenvalue weighted by Gasteiger charge is -2.38. The van der Waals surface area contributed by atoms with Crippen molar-refractivity contribution in [2.24, 2.45) is 0 Å². The molecule has 1 N–H and O–H groups in total. The summed E-state index contributed by atoms with van der Waals surface area (Å²) in [5.41, 5.74) is -2.01. The van der Waals surface area contributed by atoms with Gasteiger partial charge in [0.1, 0.15) is 0 Å². The van der Waals surface area contributed by atoms with Gasteiger partial charge < -0.3 is 9.67 Å². The molecule has 1 aromatic heterocycles. The number of pyridine rings is 1. The molecule has 0 aliphatic carbocycles. The fourth-order valence-electron chi connectivity index (χ4n) is 5.05. The molecular weight excluding hydrogens is 441 g/mol. The molecular formula is C27H31F3N2O2. The Labute approximate surface area is 197 Å². The molecule has 4 nitrogen and oxygen atoms in total. The Morgan fingerprint density at radius 2 is 1.68 bits per heavy atom. The number of rotatable bonds is 7. The second-order valence-corrected chi connectivity index (χ2v) is 10.1. The molecule has 1 aliphatic rings. The molecule has 0 radical (unpaired) electrons. The van der Waals surface area contributed by atoms with Crippen LogP contribution in [0.5, 0.6) is 0 Å². The summed E-state index contributed by atoms with van der Waals surface area (Å²) in [5, 5.41) is 11.4. The maximum atomic E-state index is 14.3. The van der Waals surface area contributed by atoms with Gasteiger partial charge in [0.05, 0.1) is 12.1 Å². The number of halogens is 3. The van der Waals surface area contributed by atoms with Crippen LogP contribution in [0.2, 0.25) is 0 Å². The van der Waals surface area contributed by atoms with E-state index in [1.807, 2.05) is 24.3 Å². The zero-order valence-corrected chi connectivity index (χ0v) is 19.6. The van der Waals surface area contributed by atoms with Crippen molar-refractivity contribution in [2.45, 2.75) is 63.4 Å². The first-order valence-electron chi connectivity index (χ1n) is 11.7. The molecule has 0 saturated carbocycles. The zero-order chi connectivity index (χ0) is 24.6. The largest absolute Gasteiger partial charge is 0.418 e. The highest BCUT2D eigenvalue weighted by molar-refractivity contribution is 5.78. The van der Waals surface area contributed by atoms with Gasteiger partial charge in [-0.15, -0.1) is 0 Å². The number of benzene rings is 2. The predicted molar refractivity (Wildman–Crippen MR) is 128 cm³/mol. The molecule has 1 unspecified atom stereocenters. The van der Waals surface area contributed by atoms with Gasteiger partial charge in [-0.2, -0.15) is 13.2 Å². The van der Waals surface area contributed by atoms with Crippen LogP contribution >= 0.6 is 0 Å². The summed E-state index contributed by atoms with van der Waals surface area (Å²) in [5.74, 6) is 0. The second kappa shape index (κ2) is 9.19. The molecule has 0 bridgehead atoms. The normalized spacial score (nSPS) is 17.2. The highest BCUT2D eigenvalue weighted by Crippen LogP contribution is 2.42. The number of aliphatic hydroxyl groups is 1. The fourth-order valence-corrected chi connectivity index (χ4v) is 5.05. The number of fused-ring (bicyclic) bond motifs is 1. The Kier molecular flexibility index (Phi) is 6.62. The van der Waals surface area contributed by atoms with Crippen LogP contribution in [0, 0.1) is 0 Å². The van der Waals surface area contributed by atoms with Gasteiger partial charge in [-0.25, -0.2) is 0 Å². The summed E-state index contributed by atoms with van der Waals surface area (Å²) in [4.78, 5) is 14.5. The molecule has 1 atom stereocenters. The summed E-state index contributed by atoms with van der Waals surface area (Å²) in [6.45, 7) is 5.62. The number of nitrogens with zero attached hydrogens (tertiary/aromatic N) is 2. The van der Waals surface area contributed by atoms with E-state index in [0.717, 1.165) is 30.8 Å². The predicted octanol–water partition coefficient (Wildman–Crippen LogP) is 5.26. The zero-order valence-electron chi connectivity index (χ0n) is 19.6. The summed E-state index contributed by atoms with van der Waals surface area (Å²) >= 11 is 0. The number of hydrogen-bond donors (Lipinski definition) is 1. The molecule has 1 saturated heterocycles. The van der Waals surface area contributed by atoms with E-state index in [1.54, 1.807) is 38.1 Å². The van der Waals surface area contributed by atoms with Crippen molar-refractivity contribution in [3.63, 3.8) is 0 Å². The number of alkyl halides is 3. The molecule has 0 spiro atoms.